The Morgan fingerprint density at radius 3 is 2.13 bits per heavy atom. The van der Waals surface area contributed by atoms with Crippen LogP contribution in [0.1, 0.15) is 60.3 Å². The fourth-order valence-electron chi connectivity index (χ4n) is 6.13. The minimum absolute atomic E-state index is 0.00882. The fourth-order valence-corrected chi connectivity index (χ4v) is 6.13. The van der Waals surface area contributed by atoms with Crippen LogP contribution in [0.4, 0.5) is 61.5 Å². The molecule has 282 valence electrons. The number of aliphatic carboxylic acids is 1. The molecule has 0 aliphatic carbocycles. The molecule has 0 radical (unpaired) electrons. The van der Waals surface area contributed by atoms with Crippen molar-refractivity contribution in [3.8, 4) is 0 Å². The molecule has 0 saturated carbocycles. The van der Waals surface area contributed by atoms with Crippen LogP contribution in [0.3, 0.4) is 0 Å². The van der Waals surface area contributed by atoms with Crippen molar-refractivity contribution in [2.45, 2.75) is 63.3 Å². The highest BCUT2D eigenvalue weighted by Crippen LogP contribution is 2.45. The smallest absolute Gasteiger partial charge is 0.433 e. The molecule has 52 heavy (non-hydrogen) atoms. The number of carbonyl (C=O) groups excluding carboxylic acids is 1. The SMILES string of the molecule is CC[C@@H]1CC(N(Cc2cc(C(F)(F)F)cc(C(F)(F)F)c2)c2ccc(N3CCOCC3)cn2)c2nc(C(F)(F)F)ccc2N1C(=O)OCCC(=O)O. The van der Waals surface area contributed by atoms with Crippen LogP contribution in [0, 0.1) is 0 Å². The van der Waals surface area contributed by atoms with Crippen LogP contribution in [0.15, 0.2) is 48.7 Å². The summed E-state index contributed by atoms with van der Waals surface area (Å²) in [4.78, 5) is 36.8. The van der Waals surface area contributed by atoms with Crippen molar-refractivity contribution in [2.75, 3.05) is 47.6 Å². The number of amides is 1. The van der Waals surface area contributed by atoms with Crippen molar-refractivity contribution in [3.63, 3.8) is 0 Å². The van der Waals surface area contributed by atoms with Crippen molar-refractivity contribution < 1.29 is 63.7 Å². The van der Waals surface area contributed by atoms with Gasteiger partial charge in [-0.1, -0.05) is 6.92 Å². The van der Waals surface area contributed by atoms with Gasteiger partial charge in [0.1, 0.15) is 18.1 Å². The van der Waals surface area contributed by atoms with E-state index in [-0.39, 0.29) is 36.1 Å². The molecular formula is C33H32F9N5O5. The van der Waals surface area contributed by atoms with E-state index in [0.29, 0.717) is 50.2 Å². The highest BCUT2D eigenvalue weighted by molar-refractivity contribution is 5.90. The van der Waals surface area contributed by atoms with Crippen molar-refractivity contribution >= 4 is 29.3 Å². The molecule has 2 aliphatic heterocycles. The number of pyridine rings is 2. The van der Waals surface area contributed by atoms with E-state index < -0.39 is 84.6 Å². The lowest BCUT2D eigenvalue weighted by atomic mass is 9.91. The molecule has 1 N–H and O–H groups in total. The normalized spacial score (nSPS) is 18.2. The molecule has 4 heterocycles. The molecule has 19 heteroatoms. The number of hydrogen-bond acceptors (Lipinski definition) is 8. The quantitative estimate of drug-likeness (QED) is 0.220. The summed E-state index contributed by atoms with van der Waals surface area (Å²) < 4.78 is 136. The van der Waals surface area contributed by atoms with Gasteiger partial charge in [0.15, 0.2) is 0 Å². The fraction of sp³-hybridized carbons (Fsp3) is 0.455. The van der Waals surface area contributed by atoms with Gasteiger partial charge in [-0.2, -0.15) is 39.5 Å². The monoisotopic (exact) mass is 749 g/mol. The summed E-state index contributed by atoms with van der Waals surface area (Å²) in [6, 6.07) is 3.54. The number of aromatic nitrogens is 2. The van der Waals surface area contributed by atoms with Gasteiger partial charge in [-0.05, 0) is 60.9 Å². The molecule has 1 amide bonds. The van der Waals surface area contributed by atoms with Crippen LogP contribution in [0.25, 0.3) is 0 Å². The summed E-state index contributed by atoms with van der Waals surface area (Å²) in [7, 11) is 0. The largest absolute Gasteiger partial charge is 0.481 e. The van der Waals surface area contributed by atoms with E-state index in [9.17, 15) is 49.1 Å². The van der Waals surface area contributed by atoms with Gasteiger partial charge >= 0.3 is 30.6 Å². The maximum absolute atomic E-state index is 14.1. The van der Waals surface area contributed by atoms with Crippen molar-refractivity contribution in [2.24, 2.45) is 0 Å². The summed E-state index contributed by atoms with van der Waals surface area (Å²) in [6.45, 7) is 2.24. The Morgan fingerprint density at radius 1 is 0.942 bits per heavy atom. The Labute approximate surface area is 290 Å². The molecule has 1 saturated heterocycles. The lowest BCUT2D eigenvalue weighted by Gasteiger charge is -2.44. The third-order valence-electron chi connectivity index (χ3n) is 8.62. The number of rotatable bonds is 9. The minimum atomic E-state index is -5.17. The van der Waals surface area contributed by atoms with Gasteiger partial charge in [0.25, 0.3) is 0 Å². The highest BCUT2D eigenvalue weighted by Gasteiger charge is 2.43. The lowest BCUT2D eigenvalue weighted by molar-refractivity contribution is -0.143. The number of carbonyl (C=O) groups is 2. The Balaban J connectivity index is 1.67. The second-order valence-corrected chi connectivity index (χ2v) is 12.1. The molecule has 2 atom stereocenters. The number of carboxylic acids is 1. The second-order valence-electron chi connectivity index (χ2n) is 12.1. The standard InChI is InChI=1S/C33H32F9N5O5/c1-2-22-16-25(29-24(4-5-26(44-29)33(40,41)42)47(22)30(50)52-10-7-28(48)49)46(27-6-3-23(17-43-27)45-8-11-51-12-9-45)18-19-13-20(31(34,35)36)15-21(14-19)32(37,38)39/h3-6,13-15,17,22,25H,2,7-12,16,18H2,1H3,(H,48,49)/t22-,25?/m1/s1. The van der Waals surface area contributed by atoms with Gasteiger partial charge in [-0.25, -0.2) is 14.8 Å². The summed E-state index contributed by atoms with van der Waals surface area (Å²) in [6.07, 6.45) is -15.6. The van der Waals surface area contributed by atoms with E-state index in [2.05, 4.69) is 9.97 Å². The molecule has 2 aromatic heterocycles. The first-order chi connectivity index (χ1) is 24.4. The average Bonchev–Trinajstić information content (AvgIpc) is 3.08. The molecule has 5 rings (SSSR count). The number of hydrogen-bond donors (Lipinski definition) is 1. The van der Waals surface area contributed by atoms with Crippen LogP contribution in [0.2, 0.25) is 0 Å². The van der Waals surface area contributed by atoms with Gasteiger partial charge < -0.3 is 24.4 Å². The third kappa shape index (κ3) is 8.79. The second kappa shape index (κ2) is 15.0. The summed E-state index contributed by atoms with van der Waals surface area (Å²) >= 11 is 0. The van der Waals surface area contributed by atoms with E-state index >= 15 is 0 Å². The van der Waals surface area contributed by atoms with Gasteiger partial charge in [0.05, 0.1) is 60.1 Å². The average molecular weight is 750 g/mol. The van der Waals surface area contributed by atoms with Crippen molar-refractivity contribution in [1.29, 1.82) is 0 Å². The molecule has 1 aromatic carbocycles. The molecule has 3 aromatic rings. The van der Waals surface area contributed by atoms with E-state index in [4.69, 9.17) is 14.6 Å². The van der Waals surface area contributed by atoms with Crippen LogP contribution in [-0.4, -0.2) is 66.1 Å². The number of morpholine rings is 1. The van der Waals surface area contributed by atoms with Gasteiger partial charge in [0, 0.05) is 25.7 Å². The molecule has 0 spiro atoms. The number of alkyl halides is 9. The zero-order valence-corrected chi connectivity index (χ0v) is 27.4. The Bertz CT molecular complexity index is 1710. The summed E-state index contributed by atoms with van der Waals surface area (Å²) in [5.74, 6) is -1.29. The first-order valence-corrected chi connectivity index (χ1v) is 16.0. The van der Waals surface area contributed by atoms with Crippen LogP contribution in [-0.2, 0) is 39.3 Å². The first kappa shape index (κ1) is 38.4. The molecule has 2 aliphatic rings. The number of fused-ring (bicyclic) bond motifs is 1. The number of nitrogens with zero attached hydrogens (tertiary/aromatic N) is 5. The van der Waals surface area contributed by atoms with Crippen LogP contribution < -0.4 is 14.7 Å². The topological polar surface area (TPSA) is 108 Å². The van der Waals surface area contributed by atoms with E-state index in [0.717, 1.165) is 11.0 Å². The van der Waals surface area contributed by atoms with Gasteiger partial charge in [-0.15, -0.1) is 0 Å². The maximum Gasteiger partial charge on any atom is 0.433 e. The molecule has 1 fully saturated rings. The third-order valence-corrected chi connectivity index (χ3v) is 8.62. The predicted molar refractivity (Wildman–Crippen MR) is 167 cm³/mol. The Hall–Kier alpha value is -4.81. The zero-order chi connectivity index (χ0) is 38.0. The van der Waals surface area contributed by atoms with Crippen LogP contribution >= 0.6 is 0 Å². The Kier molecular flexibility index (Phi) is 11.1. The summed E-state index contributed by atoms with van der Waals surface area (Å²) in [5.41, 5.74) is -4.96. The molecule has 10 nitrogen and oxygen atoms in total. The number of halogens is 9. The van der Waals surface area contributed by atoms with Crippen LogP contribution in [0.5, 0.6) is 0 Å². The van der Waals surface area contributed by atoms with Gasteiger partial charge in [-0.3, -0.25) is 9.69 Å². The van der Waals surface area contributed by atoms with Crippen molar-refractivity contribution in [3.05, 3.63) is 76.7 Å². The number of carboxylic acid groups (broad SMARTS) is 1. The minimum Gasteiger partial charge on any atom is -0.481 e. The number of anilines is 3. The predicted octanol–water partition coefficient (Wildman–Crippen LogP) is 7.72. The van der Waals surface area contributed by atoms with Gasteiger partial charge in [0.2, 0.25) is 0 Å². The Morgan fingerprint density at radius 2 is 1.60 bits per heavy atom. The first-order valence-electron chi connectivity index (χ1n) is 16.0. The van der Waals surface area contributed by atoms with Crippen molar-refractivity contribution in [1.82, 2.24) is 9.97 Å². The molecular weight excluding hydrogens is 717 g/mol. The highest BCUT2D eigenvalue weighted by atomic mass is 19.4. The summed E-state index contributed by atoms with van der Waals surface area (Å²) in [5, 5.41) is 8.97. The maximum atomic E-state index is 14.1. The zero-order valence-electron chi connectivity index (χ0n) is 27.4. The van der Waals surface area contributed by atoms with E-state index in [1.54, 1.807) is 13.0 Å². The lowest BCUT2D eigenvalue weighted by Crippen LogP contribution is -2.48. The molecule has 1 unspecified atom stereocenters. The number of benzene rings is 1. The molecule has 0 bridgehead atoms. The number of ether oxygens (including phenoxy) is 2. The van der Waals surface area contributed by atoms with E-state index in [1.807, 2.05) is 4.90 Å². The van der Waals surface area contributed by atoms with E-state index in [1.165, 1.54) is 17.2 Å².